The van der Waals surface area contributed by atoms with Gasteiger partial charge in [0.1, 0.15) is 4.75 Å². The molecule has 6 heteroatoms. The number of thioether (sulfide) groups is 1. The smallest absolute Gasteiger partial charge is 0.242 e. The van der Waals surface area contributed by atoms with Crippen molar-refractivity contribution in [1.82, 2.24) is 10.2 Å². The molecule has 2 unspecified atom stereocenters. The highest BCUT2D eigenvalue weighted by Crippen LogP contribution is 2.48. The van der Waals surface area contributed by atoms with E-state index < -0.39 is 4.75 Å². The molecule has 27 heavy (non-hydrogen) atoms. The molecule has 0 aromatic carbocycles. The Bertz CT molecular complexity index is 668. The fourth-order valence-corrected chi connectivity index (χ4v) is 7.18. The van der Waals surface area contributed by atoms with E-state index in [9.17, 15) is 9.59 Å². The average Bonchev–Trinajstić information content (AvgIpc) is 3.29. The second kappa shape index (κ2) is 6.78. The summed E-state index contributed by atoms with van der Waals surface area (Å²) >= 11 is 1.66. The minimum absolute atomic E-state index is 0.123. The molecule has 0 radical (unpaired) electrons. The standard InChI is InChI=1S/C21H31N3O2S/c1-21(16-7-9-24(10-8-16)18(25)14-3-2-4-14)19(26)23-20(27-21)22-17-12-13-5-6-15(17)11-13/h13-17H,2-12H2,1H3,(H,22,23,26)/t13-,15?,17+,21?/m1/s1. The van der Waals surface area contributed by atoms with Crippen molar-refractivity contribution in [1.29, 1.82) is 0 Å². The quantitative estimate of drug-likeness (QED) is 0.806. The average molecular weight is 390 g/mol. The van der Waals surface area contributed by atoms with E-state index in [1.165, 1.54) is 32.1 Å². The van der Waals surface area contributed by atoms with Crippen LogP contribution in [-0.2, 0) is 9.59 Å². The number of amidine groups is 1. The van der Waals surface area contributed by atoms with Crippen LogP contribution in [0.2, 0.25) is 0 Å². The van der Waals surface area contributed by atoms with Crippen molar-refractivity contribution in [2.24, 2.45) is 28.7 Å². The van der Waals surface area contributed by atoms with E-state index in [0.717, 1.165) is 55.8 Å². The maximum absolute atomic E-state index is 12.8. The number of fused-ring (bicyclic) bond motifs is 2. The molecule has 3 aliphatic carbocycles. The van der Waals surface area contributed by atoms with Gasteiger partial charge in [-0.2, -0.15) is 0 Å². The number of aliphatic imine (C=N–C) groups is 1. The normalized spacial score (nSPS) is 41.2. The van der Waals surface area contributed by atoms with Crippen molar-refractivity contribution < 1.29 is 9.59 Å². The van der Waals surface area contributed by atoms with E-state index >= 15 is 0 Å². The zero-order valence-corrected chi connectivity index (χ0v) is 17.1. The van der Waals surface area contributed by atoms with Crippen molar-refractivity contribution in [2.75, 3.05) is 13.1 Å². The summed E-state index contributed by atoms with van der Waals surface area (Å²) in [6, 6.07) is 0.427. The molecule has 2 aliphatic heterocycles. The van der Waals surface area contributed by atoms with E-state index in [2.05, 4.69) is 12.2 Å². The molecule has 2 amide bonds. The Labute approximate surface area is 166 Å². The van der Waals surface area contributed by atoms with Crippen LogP contribution in [0.3, 0.4) is 0 Å². The Kier molecular flexibility index (Phi) is 4.53. The lowest BCUT2D eigenvalue weighted by Crippen LogP contribution is -2.49. The van der Waals surface area contributed by atoms with E-state index in [1.807, 2.05) is 4.90 Å². The summed E-state index contributed by atoms with van der Waals surface area (Å²) in [4.78, 5) is 32.3. The highest BCUT2D eigenvalue weighted by atomic mass is 32.2. The lowest BCUT2D eigenvalue weighted by Gasteiger charge is -2.40. The molecule has 2 saturated heterocycles. The van der Waals surface area contributed by atoms with Gasteiger partial charge in [0.25, 0.3) is 0 Å². The van der Waals surface area contributed by atoms with Crippen LogP contribution in [-0.4, -0.2) is 45.8 Å². The van der Waals surface area contributed by atoms with E-state index in [1.54, 1.807) is 11.8 Å². The summed E-state index contributed by atoms with van der Waals surface area (Å²) in [5.74, 6) is 2.69. The number of likely N-dealkylation sites (tertiary alicyclic amines) is 1. The molecule has 0 spiro atoms. The summed E-state index contributed by atoms with van der Waals surface area (Å²) < 4.78 is -0.429. The number of amides is 2. The van der Waals surface area contributed by atoms with Crippen molar-refractivity contribution in [2.45, 2.75) is 75.5 Å². The molecule has 5 aliphatic rings. The maximum atomic E-state index is 12.8. The Balaban J connectivity index is 1.21. The fourth-order valence-electron chi connectivity index (χ4n) is 5.91. The van der Waals surface area contributed by atoms with Crippen LogP contribution in [0, 0.1) is 23.7 Å². The molecular weight excluding hydrogens is 358 g/mol. The fraction of sp³-hybridized carbons (Fsp3) is 0.857. The van der Waals surface area contributed by atoms with Gasteiger partial charge in [-0.3, -0.25) is 14.6 Å². The number of piperidine rings is 1. The van der Waals surface area contributed by atoms with Crippen molar-refractivity contribution in [3.8, 4) is 0 Å². The summed E-state index contributed by atoms with van der Waals surface area (Å²) in [7, 11) is 0. The molecule has 148 valence electrons. The van der Waals surface area contributed by atoms with Crippen molar-refractivity contribution >= 4 is 28.7 Å². The molecule has 5 fully saturated rings. The Morgan fingerprint density at radius 1 is 1.15 bits per heavy atom. The number of carbonyl (C=O) groups is 2. The number of hydrogen-bond donors (Lipinski definition) is 1. The highest BCUT2D eigenvalue weighted by Gasteiger charge is 2.50. The van der Waals surface area contributed by atoms with Gasteiger partial charge < -0.3 is 10.2 Å². The number of nitrogens with one attached hydrogen (secondary N) is 1. The highest BCUT2D eigenvalue weighted by molar-refractivity contribution is 8.16. The maximum Gasteiger partial charge on any atom is 0.242 e. The van der Waals surface area contributed by atoms with E-state index in [-0.39, 0.29) is 11.8 Å². The monoisotopic (exact) mass is 389 g/mol. The SMILES string of the molecule is CC1(C2CCN(C(=O)C3CCC3)CC2)SC(=N[C@H]2C[C@@H]3CCC2C3)NC1=O. The Hall–Kier alpha value is -1.04. The summed E-state index contributed by atoms with van der Waals surface area (Å²) in [5.41, 5.74) is 0. The van der Waals surface area contributed by atoms with Crippen LogP contribution in [0.5, 0.6) is 0 Å². The molecule has 5 rings (SSSR count). The summed E-state index contributed by atoms with van der Waals surface area (Å²) in [6.07, 6.45) is 10.4. The first-order valence-electron chi connectivity index (χ1n) is 10.9. The zero-order valence-electron chi connectivity index (χ0n) is 16.3. The zero-order chi connectivity index (χ0) is 18.6. The molecule has 1 N–H and O–H groups in total. The van der Waals surface area contributed by atoms with Gasteiger partial charge in [-0.1, -0.05) is 24.6 Å². The number of carbonyl (C=O) groups excluding carboxylic acids is 2. The van der Waals surface area contributed by atoms with E-state index in [0.29, 0.717) is 17.9 Å². The second-order valence-corrected chi connectivity index (χ2v) is 11.0. The van der Waals surface area contributed by atoms with Gasteiger partial charge in [-0.25, -0.2) is 0 Å². The van der Waals surface area contributed by atoms with Crippen LogP contribution in [0.15, 0.2) is 4.99 Å². The van der Waals surface area contributed by atoms with Crippen molar-refractivity contribution in [3.63, 3.8) is 0 Å². The van der Waals surface area contributed by atoms with Crippen LogP contribution >= 0.6 is 11.8 Å². The molecule has 5 nitrogen and oxygen atoms in total. The van der Waals surface area contributed by atoms with Gasteiger partial charge in [0, 0.05) is 19.0 Å². The molecule has 0 aromatic rings. The molecule has 2 bridgehead atoms. The largest absolute Gasteiger partial charge is 0.342 e. The second-order valence-electron chi connectivity index (χ2n) is 9.57. The first-order valence-corrected chi connectivity index (χ1v) is 11.7. The molecule has 0 aromatic heterocycles. The predicted octanol–water partition coefficient (Wildman–Crippen LogP) is 3.19. The lowest BCUT2D eigenvalue weighted by molar-refractivity contribution is -0.139. The number of rotatable bonds is 3. The molecule has 2 heterocycles. The first-order chi connectivity index (χ1) is 13.0. The topological polar surface area (TPSA) is 61.8 Å². The molecule has 3 saturated carbocycles. The minimum atomic E-state index is -0.429. The Morgan fingerprint density at radius 2 is 1.93 bits per heavy atom. The van der Waals surface area contributed by atoms with E-state index in [4.69, 9.17) is 4.99 Å². The molecule has 4 atom stereocenters. The van der Waals surface area contributed by atoms with Gasteiger partial charge in [-0.15, -0.1) is 0 Å². The van der Waals surface area contributed by atoms with Crippen molar-refractivity contribution in [3.05, 3.63) is 0 Å². The van der Waals surface area contributed by atoms with Gasteiger partial charge in [0.15, 0.2) is 5.17 Å². The third kappa shape index (κ3) is 3.12. The third-order valence-corrected chi connectivity index (χ3v) is 9.35. The van der Waals surface area contributed by atoms with Gasteiger partial charge in [0.2, 0.25) is 11.8 Å². The van der Waals surface area contributed by atoms with Gasteiger partial charge in [-0.05, 0) is 69.6 Å². The minimum Gasteiger partial charge on any atom is -0.342 e. The number of nitrogens with zero attached hydrogens (tertiary/aromatic N) is 2. The predicted molar refractivity (Wildman–Crippen MR) is 107 cm³/mol. The van der Waals surface area contributed by atoms with Crippen LogP contribution in [0.1, 0.15) is 64.7 Å². The van der Waals surface area contributed by atoms with Gasteiger partial charge in [0.05, 0.1) is 6.04 Å². The van der Waals surface area contributed by atoms with Crippen LogP contribution < -0.4 is 5.32 Å². The summed E-state index contributed by atoms with van der Waals surface area (Å²) in [6.45, 7) is 3.70. The number of hydrogen-bond acceptors (Lipinski definition) is 4. The third-order valence-electron chi connectivity index (χ3n) is 8.00. The van der Waals surface area contributed by atoms with Gasteiger partial charge >= 0.3 is 0 Å². The Morgan fingerprint density at radius 3 is 2.52 bits per heavy atom. The lowest BCUT2D eigenvalue weighted by atomic mass is 9.81. The summed E-state index contributed by atoms with van der Waals surface area (Å²) in [5, 5.41) is 3.95. The first kappa shape index (κ1) is 18.0. The van der Waals surface area contributed by atoms with Crippen LogP contribution in [0.25, 0.3) is 0 Å². The molecular formula is C21H31N3O2S. The van der Waals surface area contributed by atoms with Crippen LogP contribution in [0.4, 0.5) is 0 Å².